The first-order valence-corrected chi connectivity index (χ1v) is 8.16. The Kier molecular flexibility index (Phi) is 10.4. The molecule has 0 aromatic carbocycles. The highest BCUT2D eigenvalue weighted by Gasteiger charge is 2.30. The van der Waals surface area contributed by atoms with Crippen LogP contribution in [-0.4, -0.2) is 76.2 Å². The highest BCUT2D eigenvalue weighted by molar-refractivity contribution is 7.80. The number of hydrogen-bond acceptors (Lipinski definition) is 8. The molecule has 138 valence electrons. The Morgan fingerprint density at radius 2 is 1.62 bits per heavy atom. The van der Waals surface area contributed by atoms with E-state index >= 15 is 0 Å². The van der Waals surface area contributed by atoms with Crippen molar-refractivity contribution in [3.05, 3.63) is 0 Å². The van der Waals surface area contributed by atoms with Gasteiger partial charge >= 0.3 is 5.97 Å². The molecule has 0 saturated heterocycles. The maximum absolute atomic E-state index is 12.2. The molecule has 0 radical (unpaired) electrons. The maximum Gasteiger partial charge on any atom is 0.322 e. The zero-order chi connectivity index (χ0) is 18.9. The lowest BCUT2D eigenvalue weighted by molar-refractivity contribution is -0.138. The number of aliphatic hydroxyl groups is 1. The second-order valence-electron chi connectivity index (χ2n) is 4.87. The number of rotatable bonds is 10. The van der Waals surface area contributed by atoms with Gasteiger partial charge in [0.15, 0.2) is 0 Å². The Balaban J connectivity index is 4.87. The number of hydrogen-bond donors (Lipinski definition) is 8. The van der Waals surface area contributed by atoms with Crippen LogP contribution in [0.1, 0.15) is 6.92 Å². The van der Waals surface area contributed by atoms with E-state index in [1.54, 1.807) is 0 Å². The second kappa shape index (κ2) is 11.1. The first-order valence-electron chi connectivity index (χ1n) is 6.89. The van der Waals surface area contributed by atoms with Gasteiger partial charge < -0.3 is 31.9 Å². The van der Waals surface area contributed by atoms with Crippen molar-refractivity contribution >= 4 is 48.9 Å². The number of aliphatic hydroxyl groups excluding tert-OH is 1. The van der Waals surface area contributed by atoms with E-state index < -0.39 is 54.5 Å². The van der Waals surface area contributed by atoms with Crippen LogP contribution in [-0.2, 0) is 19.2 Å². The number of thiol groups is 2. The van der Waals surface area contributed by atoms with Crippen molar-refractivity contribution in [3.63, 3.8) is 0 Å². The molecule has 0 aliphatic rings. The van der Waals surface area contributed by atoms with Gasteiger partial charge in [-0.1, -0.05) is 0 Å². The van der Waals surface area contributed by atoms with Crippen molar-refractivity contribution in [3.8, 4) is 0 Å². The van der Waals surface area contributed by atoms with Crippen LogP contribution < -0.4 is 21.7 Å². The Bertz CT molecular complexity index is 476. The van der Waals surface area contributed by atoms with Crippen LogP contribution in [0.15, 0.2) is 0 Å². The lowest BCUT2D eigenvalue weighted by Crippen LogP contribution is -2.59. The summed E-state index contributed by atoms with van der Waals surface area (Å²) in [5.74, 6) is -3.62. The Morgan fingerprint density at radius 3 is 2.04 bits per heavy atom. The molecule has 4 atom stereocenters. The molecular weight excluding hydrogens is 360 g/mol. The molecule has 7 N–H and O–H groups in total. The fourth-order valence-electron chi connectivity index (χ4n) is 1.49. The van der Waals surface area contributed by atoms with Crippen LogP contribution in [0.2, 0.25) is 0 Å². The third-order valence-corrected chi connectivity index (χ3v) is 3.58. The van der Waals surface area contributed by atoms with Gasteiger partial charge in [-0.15, -0.1) is 0 Å². The minimum atomic E-state index is -1.35. The van der Waals surface area contributed by atoms with Crippen LogP contribution in [0.3, 0.4) is 0 Å². The number of nitrogens with one attached hydrogen (secondary N) is 3. The average Bonchev–Trinajstić information content (AvgIpc) is 2.53. The molecular formula is C12H22N4O6S2. The standard InChI is InChI=1S/C12H22N4O6S2/c1-5(17)9(16-10(20)6(13)3-23)12(22)15-7(4-24)11(21)14-2-8(18)19/h5-7,9,17,23-24H,2-4,13H2,1H3,(H,14,21)(H,15,22)(H,16,20)(H,18,19). The van der Waals surface area contributed by atoms with Gasteiger partial charge in [-0.2, -0.15) is 25.3 Å². The molecule has 0 spiro atoms. The van der Waals surface area contributed by atoms with E-state index in [0.717, 1.165) is 0 Å². The smallest absolute Gasteiger partial charge is 0.322 e. The lowest BCUT2D eigenvalue weighted by atomic mass is 10.1. The molecule has 0 rings (SSSR count). The number of carboxylic acids is 1. The van der Waals surface area contributed by atoms with Crippen molar-refractivity contribution in [1.29, 1.82) is 0 Å². The lowest BCUT2D eigenvalue weighted by Gasteiger charge is -2.24. The quantitative estimate of drug-likeness (QED) is 0.183. The van der Waals surface area contributed by atoms with Gasteiger partial charge in [-0.05, 0) is 6.92 Å². The van der Waals surface area contributed by atoms with Crippen LogP contribution in [0, 0.1) is 0 Å². The summed E-state index contributed by atoms with van der Waals surface area (Å²) in [5.41, 5.74) is 5.47. The summed E-state index contributed by atoms with van der Waals surface area (Å²) in [6, 6.07) is -3.46. The van der Waals surface area contributed by atoms with Gasteiger partial charge in [-0.3, -0.25) is 19.2 Å². The SMILES string of the molecule is CC(O)C(NC(=O)C(N)CS)C(=O)NC(CS)C(=O)NCC(=O)O. The van der Waals surface area contributed by atoms with E-state index in [1.165, 1.54) is 6.92 Å². The van der Waals surface area contributed by atoms with E-state index in [1.807, 2.05) is 0 Å². The molecule has 0 aliphatic carbocycles. The fourth-order valence-corrected chi connectivity index (χ4v) is 1.91. The maximum atomic E-state index is 12.2. The summed E-state index contributed by atoms with van der Waals surface area (Å²) >= 11 is 7.77. The van der Waals surface area contributed by atoms with Gasteiger partial charge in [0, 0.05) is 11.5 Å². The van der Waals surface area contributed by atoms with E-state index in [-0.39, 0.29) is 11.5 Å². The predicted octanol–water partition coefficient (Wildman–Crippen LogP) is -3.28. The third-order valence-electron chi connectivity index (χ3n) is 2.83. The summed E-state index contributed by atoms with van der Waals surface area (Å²) in [6.45, 7) is 0.656. The van der Waals surface area contributed by atoms with E-state index in [0.29, 0.717) is 0 Å². The van der Waals surface area contributed by atoms with E-state index in [4.69, 9.17) is 10.8 Å². The zero-order valence-corrected chi connectivity index (χ0v) is 14.7. The van der Waals surface area contributed by atoms with Crippen LogP contribution in [0.5, 0.6) is 0 Å². The third kappa shape index (κ3) is 7.86. The van der Waals surface area contributed by atoms with E-state index in [9.17, 15) is 24.3 Å². The van der Waals surface area contributed by atoms with Crippen LogP contribution >= 0.6 is 25.3 Å². The summed E-state index contributed by atoms with van der Waals surface area (Å²) in [7, 11) is 0. The first kappa shape index (κ1) is 22.5. The van der Waals surface area contributed by atoms with Gasteiger partial charge in [0.05, 0.1) is 12.1 Å². The van der Waals surface area contributed by atoms with Crippen molar-refractivity contribution in [1.82, 2.24) is 16.0 Å². The molecule has 0 saturated carbocycles. The molecule has 24 heavy (non-hydrogen) atoms. The fraction of sp³-hybridized carbons (Fsp3) is 0.667. The normalized spacial score (nSPS) is 15.5. The molecule has 12 heteroatoms. The van der Waals surface area contributed by atoms with Crippen molar-refractivity contribution < 1.29 is 29.4 Å². The molecule has 0 aromatic rings. The molecule has 3 amide bonds. The molecule has 0 aromatic heterocycles. The number of carbonyl (C=O) groups is 4. The molecule has 0 heterocycles. The molecule has 0 bridgehead atoms. The monoisotopic (exact) mass is 382 g/mol. The van der Waals surface area contributed by atoms with Crippen molar-refractivity contribution in [2.45, 2.75) is 31.2 Å². The van der Waals surface area contributed by atoms with Gasteiger partial charge in [0.25, 0.3) is 0 Å². The number of carboxylic acid groups (broad SMARTS) is 1. The first-order chi connectivity index (χ1) is 11.1. The zero-order valence-electron chi connectivity index (χ0n) is 12.9. The summed E-state index contributed by atoms with van der Waals surface area (Å²) in [6.07, 6.45) is -1.26. The Hall–Kier alpha value is -1.50. The highest BCUT2D eigenvalue weighted by atomic mass is 32.1. The minimum absolute atomic E-state index is 0.0385. The molecule has 4 unspecified atom stereocenters. The van der Waals surface area contributed by atoms with Gasteiger partial charge in [0.2, 0.25) is 17.7 Å². The van der Waals surface area contributed by atoms with Crippen molar-refractivity contribution in [2.75, 3.05) is 18.1 Å². The minimum Gasteiger partial charge on any atom is -0.480 e. The van der Waals surface area contributed by atoms with Gasteiger partial charge in [-0.25, -0.2) is 0 Å². The number of aliphatic carboxylic acids is 1. The van der Waals surface area contributed by atoms with Crippen LogP contribution in [0.25, 0.3) is 0 Å². The van der Waals surface area contributed by atoms with Crippen LogP contribution in [0.4, 0.5) is 0 Å². The largest absolute Gasteiger partial charge is 0.480 e. The average molecular weight is 382 g/mol. The summed E-state index contributed by atoms with van der Waals surface area (Å²) < 4.78 is 0. The van der Waals surface area contributed by atoms with Crippen molar-refractivity contribution in [2.24, 2.45) is 5.73 Å². The van der Waals surface area contributed by atoms with E-state index in [2.05, 4.69) is 41.2 Å². The number of nitrogens with two attached hydrogens (primary N) is 1. The highest BCUT2D eigenvalue weighted by Crippen LogP contribution is 1.98. The second-order valence-corrected chi connectivity index (χ2v) is 5.60. The molecule has 0 aliphatic heterocycles. The molecule has 0 fully saturated rings. The number of amides is 3. The topological polar surface area (TPSA) is 171 Å². The summed E-state index contributed by atoms with van der Waals surface area (Å²) in [4.78, 5) is 46.1. The number of carbonyl (C=O) groups excluding carboxylic acids is 3. The molecule has 10 nitrogen and oxygen atoms in total. The summed E-state index contributed by atoms with van der Waals surface area (Å²) in [5, 5.41) is 24.8. The van der Waals surface area contributed by atoms with Gasteiger partial charge in [0.1, 0.15) is 18.6 Å². The predicted molar refractivity (Wildman–Crippen MR) is 91.9 cm³/mol. The Morgan fingerprint density at radius 1 is 1.04 bits per heavy atom. The Labute approximate surface area is 149 Å².